The molecule has 1 aliphatic heterocycles. The number of sulfonamides is 1. The maximum absolute atomic E-state index is 12.7. The van der Waals surface area contributed by atoms with Crippen LogP contribution in [0.25, 0.3) is 0 Å². The summed E-state index contributed by atoms with van der Waals surface area (Å²) in [6.07, 6.45) is 8.52. The van der Waals surface area contributed by atoms with Crippen LogP contribution in [0.5, 0.6) is 0 Å². The van der Waals surface area contributed by atoms with Crippen molar-refractivity contribution < 1.29 is 13.2 Å². The normalized spacial score (nSPS) is 20.1. The van der Waals surface area contributed by atoms with E-state index in [4.69, 9.17) is 0 Å². The van der Waals surface area contributed by atoms with Crippen LogP contribution < -0.4 is 10.0 Å². The molecular weight excluding hydrogens is 388 g/mol. The Labute approximate surface area is 173 Å². The van der Waals surface area contributed by atoms with Gasteiger partial charge in [-0.1, -0.05) is 12.5 Å². The second kappa shape index (κ2) is 8.83. The quantitative estimate of drug-likeness (QED) is 0.679. The summed E-state index contributed by atoms with van der Waals surface area (Å²) in [5.41, 5.74) is 0.503. The van der Waals surface area contributed by atoms with Crippen molar-refractivity contribution in [1.29, 1.82) is 0 Å². The first-order chi connectivity index (χ1) is 14.0. The summed E-state index contributed by atoms with van der Waals surface area (Å²) in [7, 11) is -3.71. The molecule has 1 aromatic carbocycles. The molecule has 1 amide bonds. The number of carbonyl (C=O) groups is 1. The summed E-state index contributed by atoms with van der Waals surface area (Å²) >= 11 is 0. The van der Waals surface area contributed by atoms with E-state index < -0.39 is 10.0 Å². The van der Waals surface area contributed by atoms with Gasteiger partial charge in [0.05, 0.1) is 11.4 Å². The number of carbonyl (C=O) groups excluding carboxylic acids is 1. The summed E-state index contributed by atoms with van der Waals surface area (Å²) in [5, 5.41) is 2.87. The third-order valence-electron chi connectivity index (χ3n) is 5.65. The van der Waals surface area contributed by atoms with Gasteiger partial charge in [0.25, 0.3) is 10.0 Å². The summed E-state index contributed by atoms with van der Waals surface area (Å²) < 4.78 is 28.1. The molecule has 29 heavy (non-hydrogen) atoms. The van der Waals surface area contributed by atoms with Gasteiger partial charge >= 0.3 is 0 Å². The molecule has 0 spiro atoms. The number of nitrogens with one attached hydrogen (secondary N) is 2. The van der Waals surface area contributed by atoms with Gasteiger partial charge in [0.15, 0.2) is 0 Å². The number of amides is 1. The van der Waals surface area contributed by atoms with E-state index in [0.717, 1.165) is 31.7 Å². The Hall–Kier alpha value is -1.93. The molecule has 1 heterocycles. The lowest BCUT2D eigenvalue weighted by Gasteiger charge is -2.21. The van der Waals surface area contributed by atoms with E-state index in [1.54, 1.807) is 18.2 Å². The predicted molar refractivity (Wildman–Crippen MR) is 113 cm³/mol. The average molecular weight is 419 g/mol. The Bertz CT molecular complexity index is 876. The molecule has 7 nitrogen and oxygen atoms in total. The van der Waals surface area contributed by atoms with Crippen LogP contribution in [0.1, 0.15) is 51.4 Å². The largest absolute Gasteiger partial charge is 0.325 e. The van der Waals surface area contributed by atoms with Crippen molar-refractivity contribution in [3.05, 3.63) is 24.3 Å². The van der Waals surface area contributed by atoms with Gasteiger partial charge in [-0.25, -0.2) is 8.42 Å². The second-order valence-corrected chi connectivity index (χ2v) is 10.1. The summed E-state index contributed by atoms with van der Waals surface area (Å²) in [5.74, 6) is 1.18. The molecule has 3 aliphatic rings. The molecule has 8 heteroatoms. The van der Waals surface area contributed by atoms with Gasteiger partial charge in [-0.2, -0.15) is 0 Å². The smallest absolute Gasteiger partial charge is 0.262 e. The minimum absolute atomic E-state index is 0.0896. The number of nitrogens with zero attached hydrogens (tertiary/aromatic N) is 2. The number of anilines is 1. The highest BCUT2D eigenvalue weighted by Gasteiger charge is 2.34. The monoisotopic (exact) mass is 418 g/mol. The molecule has 2 fully saturated rings. The summed E-state index contributed by atoms with van der Waals surface area (Å²) in [6.45, 7) is 2.03. The Balaban J connectivity index is 1.38. The Morgan fingerprint density at radius 3 is 2.72 bits per heavy atom. The minimum Gasteiger partial charge on any atom is -0.325 e. The van der Waals surface area contributed by atoms with E-state index in [0.29, 0.717) is 37.1 Å². The highest BCUT2D eigenvalue weighted by molar-refractivity contribution is 7.90. The SMILES string of the molecule is O=C(CN(CC1CC1)C1CC1)Nc1cccc(S(=O)(=O)NC2=NCCCCC2)c1. The fourth-order valence-electron chi connectivity index (χ4n) is 3.71. The molecule has 0 bridgehead atoms. The average Bonchev–Trinajstić information content (AvgIpc) is 3.56. The molecule has 0 aromatic heterocycles. The fourth-order valence-corrected chi connectivity index (χ4v) is 4.85. The second-order valence-electron chi connectivity index (χ2n) is 8.42. The molecule has 0 atom stereocenters. The van der Waals surface area contributed by atoms with Crippen molar-refractivity contribution in [2.45, 2.75) is 62.3 Å². The molecule has 2 N–H and O–H groups in total. The van der Waals surface area contributed by atoms with Gasteiger partial charge in [0, 0.05) is 31.2 Å². The van der Waals surface area contributed by atoms with E-state index in [9.17, 15) is 13.2 Å². The maximum atomic E-state index is 12.7. The van der Waals surface area contributed by atoms with Gasteiger partial charge in [-0.05, 0) is 62.6 Å². The van der Waals surface area contributed by atoms with Crippen LogP contribution in [0.2, 0.25) is 0 Å². The Kier molecular flexibility index (Phi) is 6.20. The number of hydrogen-bond donors (Lipinski definition) is 2. The number of amidine groups is 1. The van der Waals surface area contributed by atoms with E-state index in [1.807, 2.05) is 0 Å². The third kappa shape index (κ3) is 6.02. The van der Waals surface area contributed by atoms with Crippen molar-refractivity contribution in [2.24, 2.45) is 10.9 Å². The summed E-state index contributed by atoms with van der Waals surface area (Å²) in [4.78, 5) is 19.3. The van der Waals surface area contributed by atoms with Crippen LogP contribution in [0.3, 0.4) is 0 Å². The van der Waals surface area contributed by atoms with Crippen molar-refractivity contribution in [1.82, 2.24) is 9.62 Å². The lowest BCUT2D eigenvalue weighted by molar-refractivity contribution is -0.117. The predicted octanol–water partition coefficient (Wildman–Crippen LogP) is 2.75. The number of rotatable bonds is 8. The number of hydrogen-bond acceptors (Lipinski definition) is 5. The first-order valence-corrected chi connectivity index (χ1v) is 12.2. The zero-order chi connectivity index (χ0) is 20.3. The van der Waals surface area contributed by atoms with E-state index in [2.05, 4.69) is 19.9 Å². The van der Waals surface area contributed by atoms with Crippen molar-refractivity contribution >= 4 is 27.5 Å². The topological polar surface area (TPSA) is 90.9 Å². The van der Waals surface area contributed by atoms with Crippen LogP contribution in [0, 0.1) is 5.92 Å². The van der Waals surface area contributed by atoms with Gasteiger partial charge in [0.2, 0.25) is 5.91 Å². The van der Waals surface area contributed by atoms with Gasteiger partial charge in [-0.15, -0.1) is 0 Å². The van der Waals surface area contributed by atoms with Crippen molar-refractivity contribution in [3.8, 4) is 0 Å². The van der Waals surface area contributed by atoms with Gasteiger partial charge in [-0.3, -0.25) is 19.4 Å². The van der Waals surface area contributed by atoms with E-state index >= 15 is 0 Å². The molecule has 2 saturated carbocycles. The third-order valence-corrected chi connectivity index (χ3v) is 7.03. The first-order valence-electron chi connectivity index (χ1n) is 10.7. The Morgan fingerprint density at radius 1 is 1.14 bits per heavy atom. The molecule has 2 aliphatic carbocycles. The van der Waals surface area contributed by atoms with Crippen LogP contribution in [-0.2, 0) is 14.8 Å². The molecule has 0 radical (unpaired) electrons. The van der Waals surface area contributed by atoms with E-state index in [-0.39, 0.29) is 10.8 Å². The van der Waals surface area contributed by atoms with Gasteiger partial charge < -0.3 is 5.32 Å². The fraction of sp³-hybridized carbons (Fsp3) is 0.619. The highest BCUT2D eigenvalue weighted by Crippen LogP contribution is 2.34. The molecule has 0 unspecified atom stereocenters. The van der Waals surface area contributed by atoms with Crippen LogP contribution in [0.4, 0.5) is 5.69 Å². The molecule has 4 rings (SSSR count). The van der Waals surface area contributed by atoms with E-state index in [1.165, 1.54) is 31.7 Å². The van der Waals surface area contributed by atoms with Gasteiger partial charge in [0.1, 0.15) is 5.84 Å². The lowest BCUT2D eigenvalue weighted by atomic mass is 10.2. The standard InChI is InChI=1S/C21H30N4O3S/c26-21(15-25(18-10-11-18)14-16-8-9-16)23-17-5-4-6-19(13-17)29(27,28)24-20-7-2-1-3-12-22-20/h4-6,13,16,18H,1-3,7-12,14-15H2,(H,22,24)(H,23,26). The zero-order valence-corrected chi connectivity index (χ0v) is 17.6. The van der Waals surface area contributed by atoms with Crippen molar-refractivity contribution in [2.75, 3.05) is 25.0 Å². The zero-order valence-electron chi connectivity index (χ0n) is 16.8. The first kappa shape index (κ1) is 20.3. The van der Waals surface area contributed by atoms with Crippen molar-refractivity contribution in [3.63, 3.8) is 0 Å². The molecule has 158 valence electrons. The molecular formula is C21H30N4O3S. The molecule has 0 saturated heterocycles. The lowest BCUT2D eigenvalue weighted by Crippen LogP contribution is -2.36. The van der Waals surface area contributed by atoms with Crippen LogP contribution in [0.15, 0.2) is 34.2 Å². The van der Waals surface area contributed by atoms with Crippen LogP contribution >= 0.6 is 0 Å². The number of benzene rings is 1. The number of aliphatic imine (C=N–C) groups is 1. The maximum Gasteiger partial charge on any atom is 0.262 e. The highest BCUT2D eigenvalue weighted by atomic mass is 32.2. The molecule has 1 aromatic rings. The summed E-state index contributed by atoms with van der Waals surface area (Å²) in [6, 6.07) is 6.97. The Morgan fingerprint density at radius 2 is 1.97 bits per heavy atom. The minimum atomic E-state index is -3.71. The van der Waals surface area contributed by atoms with Crippen LogP contribution in [-0.4, -0.2) is 50.7 Å².